The van der Waals surface area contributed by atoms with Gasteiger partial charge in [0.1, 0.15) is 12.0 Å². The molecule has 2 rings (SSSR count). The van der Waals surface area contributed by atoms with Crippen LogP contribution in [-0.4, -0.2) is 46.5 Å². The summed E-state index contributed by atoms with van der Waals surface area (Å²) in [5.74, 6) is 0.682. The number of amides is 1. The van der Waals surface area contributed by atoms with Crippen molar-refractivity contribution in [3.8, 4) is 5.75 Å². The van der Waals surface area contributed by atoms with E-state index in [2.05, 4.69) is 0 Å². The predicted molar refractivity (Wildman–Crippen MR) is 103 cm³/mol. The van der Waals surface area contributed by atoms with Gasteiger partial charge in [0.2, 0.25) is 5.91 Å². The molecule has 0 heterocycles. The largest absolute Gasteiger partial charge is 0.494 e. The molecular formula is C20H28N2O6. The Hall–Kier alpha value is -2.48. The first-order valence-corrected chi connectivity index (χ1v) is 9.76. The topological polar surface area (TPSA) is 110 Å². The molecule has 1 unspecified atom stereocenters. The average Bonchev–Trinajstić information content (AvgIpc) is 2.69. The zero-order valence-corrected chi connectivity index (χ0v) is 16.2. The van der Waals surface area contributed by atoms with Gasteiger partial charge < -0.3 is 14.7 Å². The van der Waals surface area contributed by atoms with Gasteiger partial charge in [0.25, 0.3) is 5.69 Å². The molecule has 8 heteroatoms. The number of nitro groups is 1. The molecule has 0 radical (unpaired) electrons. The van der Waals surface area contributed by atoms with Crippen molar-refractivity contribution in [2.45, 2.75) is 58.1 Å². The minimum atomic E-state index is -0.819. The Morgan fingerprint density at radius 2 is 2.11 bits per heavy atom. The molecule has 1 aliphatic carbocycles. The summed E-state index contributed by atoms with van der Waals surface area (Å²) in [5, 5.41) is 20.8. The van der Waals surface area contributed by atoms with Crippen LogP contribution in [0.15, 0.2) is 18.2 Å². The summed E-state index contributed by atoms with van der Waals surface area (Å²) in [5.41, 5.74) is -0.320. The molecule has 1 atom stereocenters. The number of hydrogen-bond acceptors (Lipinski definition) is 6. The van der Waals surface area contributed by atoms with Crippen molar-refractivity contribution in [2.24, 2.45) is 5.92 Å². The Balaban J connectivity index is 1.81. The van der Waals surface area contributed by atoms with Crippen molar-refractivity contribution >= 4 is 17.9 Å². The molecule has 1 aromatic carbocycles. The summed E-state index contributed by atoms with van der Waals surface area (Å²) in [6.07, 6.45) is 6.07. The van der Waals surface area contributed by atoms with Crippen LogP contribution in [-0.2, 0) is 4.79 Å². The standard InChI is InChI=1S/C20H28N2O6/c1-15(24)21(13-16-6-3-2-4-7-16)20(25)8-5-11-28-18-9-10-19(22(26)27)17(12-18)14-23/h9-10,12,14-16,24H,2-8,11,13H2,1H3. The van der Waals surface area contributed by atoms with Gasteiger partial charge in [-0.2, -0.15) is 0 Å². The zero-order valence-electron chi connectivity index (χ0n) is 16.2. The lowest BCUT2D eigenvalue weighted by Gasteiger charge is -2.31. The number of benzene rings is 1. The second-order valence-corrected chi connectivity index (χ2v) is 7.23. The van der Waals surface area contributed by atoms with E-state index in [-0.39, 0.29) is 30.2 Å². The predicted octanol–water partition coefficient (Wildman–Crippen LogP) is 3.31. The number of nitro benzene ring substituents is 1. The summed E-state index contributed by atoms with van der Waals surface area (Å²) in [6.45, 7) is 2.43. The van der Waals surface area contributed by atoms with Crippen LogP contribution in [0, 0.1) is 16.0 Å². The van der Waals surface area contributed by atoms with Gasteiger partial charge in [-0.05, 0) is 44.2 Å². The third-order valence-corrected chi connectivity index (χ3v) is 5.08. The quantitative estimate of drug-likeness (QED) is 0.215. The highest BCUT2D eigenvalue weighted by molar-refractivity contribution is 5.82. The minimum absolute atomic E-state index is 0.0497. The fourth-order valence-electron chi connectivity index (χ4n) is 3.55. The van der Waals surface area contributed by atoms with Crippen LogP contribution in [0.4, 0.5) is 5.69 Å². The van der Waals surface area contributed by atoms with Gasteiger partial charge in [-0.25, -0.2) is 0 Å². The Bertz CT molecular complexity index is 685. The Morgan fingerprint density at radius 1 is 1.39 bits per heavy atom. The lowest BCUT2D eigenvalue weighted by molar-refractivity contribution is -0.385. The second kappa shape index (κ2) is 10.8. The molecule has 0 aliphatic heterocycles. The van der Waals surface area contributed by atoms with Gasteiger partial charge in [0.15, 0.2) is 6.29 Å². The van der Waals surface area contributed by atoms with E-state index in [9.17, 15) is 24.8 Å². The van der Waals surface area contributed by atoms with Crippen LogP contribution in [0.1, 0.15) is 62.2 Å². The normalized spacial score (nSPS) is 15.6. The number of hydrogen-bond donors (Lipinski definition) is 1. The highest BCUT2D eigenvalue weighted by Gasteiger charge is 2.23. The number of nitrogens with zero attached hydrogens (tertiary/aromatic N) is 2. The smallest absolute Gasteiger partial charge is 0.280 e. The molecule has 154 valence electrons. The summed E-state index contributed by atoms with van der Waals surface area (Å²) < 4.78 is 5.51. The molecule has 1 aromatic rings. The van der Waals surface area contributed by atoms with E-state index in [1.807, 2.05) is 0 Å². The first-order valence-electron chi connectivity index (χ1n) is 9.76. The van der Waals surface area contributed by atoms with Gasteiger partial charge in [-0.15, -0.1) is 0 Å². The number of carbonyl (C=O) groups is 2. The molecule has 0 aromatic heterocycles. The molecule has 1 saturated carbocycles. The van der Waals surface area contributed by atoms with Crippen LogP contribution in [0.2, 0.25) is 0 Å². The van der Waals surface area contributed by atoms with E-state index >= 15 is 0 Å². The number of ether oxygens (including phenoxy) is 1. The number of carbonyl (C=O) groups excluding carboxylic acids is 2. The van der Waals surface area contributed by atoms with E-state index in [0.29, 0.717) is 30.9 Å². The molecule has 1 amide bonds. The SMILES string of the molecule is CC(O)N(CC1CCCCC1)C(=O)CCCOc1ccc([N+](=O)[O-])c(C=O)c1. The molecule has 8 nitrogen and oxygen atoms in total. The van der Waals surface area contributed by atoms with Crippen molar-refractivity contribution in [3.63, 3.8) is 0 Å². The fourth-order valence-corrected chi connectivity index (χ4v) is 3.55. The summed E-state index contributed by atoms with van der Waals surface area (Å²) in [4.78, 5) is 35.2. The summed E-state index contributed by atoms with van der Waals surface area (Å²) >= 11 is 0. The van der Waals surface area contributed by atoms with Gasteiger partial charge in [0.05, 0.1) is 17.1 Å². The highest BCUT2D eigenvalue weighted by Crippen LogP contribution is 2.25. The van der Waals surface area contributed by atoms with Crippen LogP contribution >= 0.6 is 0 Å². The van der Waals surface area contributed by atoms with E-state index in [1.165, 1.54) is 42.4 Å². The van der Waals surface area contributed by atoms with Gasteiger partial charge in [0, 0.05) is 19.0 Å². The van der Waals surface area contributed by atoms with Crippen molar-refractivity contribution in [2.75, 3.05) is 13.2 Å². The minimum Gasteiger partial charge on any atom is -0.494 e. The Morgan fingerprint density at radius 3 is 2.71 bits per heavy atom. The maximum atomic E-state index is 12.5. The number of aldehydes is 1. The third kappa shape index (κ3) is 6.30. The third-order valence-electron chi connectivity index (χ3n) is 5.08. The highest BCUT2D eigenvalue weighted by atomic mass is 16.6. The van der Waals surface area contributed by atoms with Crippen LogP contribution in [0.25, 0.3) is 0 Å². The first kappa shape index (κ1) is 21.8. The first-order chi connectivity index (χ1) is 13.4. The average molecular weight is 392 g/mol. The van der Waals surface area contributed by atoms with Crippen LogP contribution in [0.3, 0.4) is 0 Å². The molecule has 1 fully saturated rings. The molecule has 28 heavy (non-hydrogen) atoms. The lowest BCUT2D eigenvalue weighted by atomic mass is 9.89. The van der Waals surface area contributed by atoms with Crippen molar-refractivity contribution in [3.05, 3.63) is 33.9 Å². The summed E-state index contributed by atoms with van der Waals surface area (Å²) in [7, 11) is 0. The van der Waals surface area contributed by atoms with Crippen LogP contribution in [0.5, 0.6) is 5.75 Å². The zero-order chi connectivity index (χ0) is 20.5. The second-order valence-electron chi connectivity index (χ2n) is 7.23. The maximum Gasteiger partial charge on any atom is 0.280 e. The number of aliphatic hydroxyl groups is 1. The monoisotopic (exact) mass is 392 g/mol. The van der Waals surface area contributed by atoms with Crippen LogP contribution < -0.4 is 4.74 Å². The van der Waals surface area contributed by atoms with Gasteiger partial charge in [-0.3, -0.25) is 19.7 Å². The molecule has 1 aliphatic rings. The summed E-state index contributed by atoms with van der Waals surface area (Å²) in [6, 6.07) is 3.97. The van der Waals surface area contributed by atoms with Gasteiger partial charge >= 0.3 is 0 Å². The molecule has 1 N–H and O–H groups in total. The molecular weight excluding hydrogens is 364 g/mol. The molecule has 0 saturated heterocycles. The van der Waals surface area contributed by atoms with Gasteiger partial charge in [-0.1, -0.05) is 19.3 Å². The number of rotatable bonds is 10. The molecule has 0 spiro atoms. The number of aliphatic hydroxyl groups excluding tert-OH is 1. The van der Waals surface area contributed by atoms with E-state index in [1.54, 1.807) is 6.92 Å². The van der Waals surface area contributed by atoms with Crippen molar-refractivity contribution < 1.29 is 24.4 Å². The van der Waals surface area contributed by atoms with E-state index in [4.69, 9.17) is 4.74 Å². The van der Waals surface area contributed by atoms with Crippen molar-refractivity contribution in [1.82, 2.24) is 4.90 Å². The Labute approximate surface area is 164 Å². The maximum absolute atomic E-state index is 12.5. The van der Waals surface area contributed by atoms with Crippen molar-refractivity contribution in [1.29, 1.82) is 0 Å². The Kier molecular flexibility index (Phi) is 8.38. The fraction of sp³-hybridized carbons (Fsp3) is 0.600. The van der Waals surface area contributed by atoms with E-state index in [0.717, 1.165) is 12.8 Å². The van der Waals surface area contributed by atoms with E-state index < -0.39 is 11.2 Å². The lowest BCUT2D eigenvalue weighted by Crippen LogP contribution is -2.42. The molecule has 0 bridgehead atoms.